The van der Waals surface area contributed by atoms with Gasteiger partial charge in [0.05, 0.1) is 34.3 Å². The first-order valence-electron chi connectivity index (χ1n) is 10.7. The first-order chi connectivity index (χ1) is 16.1. The zero-order valence-corrected chi connectivity index (χ0v) is 18.3. The molecule has 33 heavy (non-hydrogen) atoms. The number of aryl methyl sites for hydroxylation is 1. The van der Waals surface area contributed by atoms with Crippen molar-refractivity contribution >= 4 is 34.6 Å². The van der Waals surface area contributed by atoms with Gasteiger partial charge < -0.3 is 10.2 Å². The summed E-state index contributed by atoms with van der Waals surface area (Å²) < 4.78 is 1.89. The zero-order valence-electron chi connectivity index (χ0n) is 18.3. The van der Waals surface area contributed by atoms with Crippen LogP contribution < -0.4 is 10.2 Å². The third kappa shape index (κ3) is 3.87. The van der Waals surface area contributed by atoms with Gasteiger partial charge in [-0.25, -0.2) is 9.97 Å². The first kappa shape index (κ1) is 20.6. The molecule has 9 nitrogen and oxygen atoms in total. The van der Waals surface area contributed by atoms with Gasteiger partial charge in [0.15, 0.2) is 12.1 Å². The fourth-order valence-electron chi connectivity index (χ4n) is 4.21. The molecular weight excluding hydrogens is 416 g/mol. The summed E-state index contributed by atoms with van der Waals surface area (Å²) in [5.74, 6) is 1.83. The Morgan fingerprint density at radius 2 is 2.06 bits per heavy atom. The van der Waals surface area contributed by atoms with Gasteiger partial charge in [-0.2, -0.15) is 10.4 Å². The molecule has 2 unspecified atom stereocenters. The molecule has 1 aliphatic rings. The summed E-state index contributed by atoms with van der Waals surface area (Å²) in [5, 5.41) is 20.9. The number of nitrogens with one attached hydrogen (secondary N) is 1. The molecule has 4 heterocycles. The molecule has 0 saturated carbocycles. The Morgan fingerprint density at radius 1 is 1.18 bits per heavy atom. The van der Waals surface area contributed by atoms with Crippen LogP contribution in [0.25, 0.3) is 16.9 Å². The second kappa shape index (κ2) is 8.31. The van der Waals surface area contributed by atoms with Gasteiger partial charge in [-0.15, -0.1) is 5.10 Å². The van der Waals surface area contributed by atoms with E-state index in [0.717, 1.165) is 35.1 Å². The first-order valence-corrected chi connectivity index (χ1v) is 10.7. The van der Waals surface area contributed by atoms with Crippen LogP contribution >= 0.6 is 0 Å². The van der Waals surface area contributed by atoms with Crippen LogP contribution in [0.3, 0.4) is 0 Å². The monoisotopic (exact) mass is 438 g/mol. The number of aromatic nitrogens is 5. The quantitative estimate of drug-likeness (QED) is 0.468. The Balaban J connectivity index is 1.53. The minimum atomic E-state index is -0.0717. The van der Waals surface area contributed by atoms with E-state index < -0.39 is 0 Å². The summed E-state index contributed by atoms with van der Waals surface area (Å²) in [5.41, 5.74) is 3.88. The van der Waals surface area contributed by atoms with Gasteiger partial charge in [0.2, 0.25) is 0 Å². The highest BCUT2D eigenvalue weighted by atomic mass is 16.1. The van der Waals surface area contributed by atoms with Gasteiger partial charge in [0, 0.05) is 18.3 Å². The Hall–Kier alpha value is -4.32. The van der Waals surface area contributed by atoms with Gasteiger partial charge in [0.25, 0.3) is 0 Å². The van der Waals surface area contributed by atoms with Crippen LogP contribution in [0.1, 0.15) is 29.4 Å². The predicted molar refractivity (Wildman–Crippen MR) is 125 cm³/mol. The van der Waals surface area contributed by atoms with Crippen molar-refractivity contribution < 1.29 is 4.79 Å². The molecular formula is C24H22N8O. The van der Waals surface area contributed by atoms with Gasteiger partial charge in [0.1, 0.15) is 18.0 Å². The standard InChI is InChI=1S/C24H22N8O/c1-15-3-7-22(30-29-15)27-19-5-6-20-21(10-19)32(14-26-20)23-8-4-18(13-33)24(28-23)31-12-17(11-25)9-16(31)2/h3-8,10,13-14,16-17H,9,12H2,1-2H3,(H,27,30). The summed E-state index contributed by atoms with van der Waals surface area (Å²) in [6.07, 6.45) is 3.29. The third-order valence-corrected chi connectivity index (χ3v) is 5.91. The summed E-state index contributed by atoms with van der Waals surface area (Å²) in [6, 6.07) is 15.7. The van der Waals surface area contributed by atoms with Gasteiger partial charge in [-0.3, -0.25) is 9.36 Å². The van der Waals surface area contributed by atoms with Gasteiger partial charge in [-0.05, 0) is 62.7 Å². The van der Waals surface area contributed by atoms with E-state index in [-0.39, 0.29) is 12.0 Å². The smallest absolute Gasteiger partial charge is 0.153 e. The SMILES string of the molecule is Cc1ccc(Nc2ccc3ncn(-c4ccc(C=O)c(N5CC(C#N)CC5C)n4)c3c2)nn1. The minimum Gasteiger partial charge on any atom is -0.352 e. The lowest BCUT2D eigenvalue weighted by molar-refractivity contribution is 0.112. The van der Waals surface area contributed by atoms with E-state index in [2.05, 4.69) is 33.5 Å². The highest BCUT2D eigenvalue weighted by Gasteiger charge is 2.31. The number of anilines is 3. The molecule has 4 aromatic rings. The van der Waals surface area contributed by atoms with Crippen molar-refractivity contribution in [3.8, 4) is 11.9 Å². The molecule has 164 valence electrons. The largest absolute Gasteiger partial charge is 0.352 e. The van der Waals surface area contributed by atoms with Crippen LogP contribution in [0.2, 0.25) is 0 Å². The Labute approximate surface area is 190 Å². The lowest BCUT2D eigenvalue weighted by atomic mass is 10.1. The fraction of sp³-hybridized carbons (Fsp3) is 0.250. The van der Waals surface area contributed by atoms with Crippen molar-refractivity contribution in [2.24, 2.45) is 5.92 Å². The average Bonchev–Trinajstić information content (AvgIpc) is 3.43. The zero-order chi connectivity index (χ0) is 22.9. The van der Waals surface area contributed by atoms with E-state index in [1.165, 1.54) is 0 Å². The molecule has 5 rings (SSSR count). The van der Waals surface area contributed by atoms with E-state index in [9.17, 15) is 10.1 Å². The number of aldehydes is 1. The molecule has 0 aliphatic carbocycles. The number of hydrogen-bond donors (Lipinski definition) is 1. The molecule has 0 amide bonds. The number of nitrogens with zero attached hydrogens (tertiary/aromatic N) is 7. The van der Waals surface area contributed by atoms with Gasteiger partial charge in [-0.1, -0.05) is 0 Å². The maximum absolute atomic E-state index is 11.7. The molecule has 3 aromatic heterocycles. The van der Waals surface area contributed by atoms with E-state index in [4.69, 9.17) is 4.98 Å². The second-order valence-electron chi connectivity index (χ2n) is 8.27. The second-order valence-corrected chi connectivity index (χ2v) is 8.27. The van der Waals surface area contributed by atoms with Crippen LogP contribution in [0, 0.1) is 24.2 Å². The third-order valence-electron chi connectivity index (χ3n) is 5.91. The minimum absolute atomic E-state index is 0.0717. The number of fused-ring (bicyclic) bond motifs is 1. The number of hydrogen-bond acceptors (Lipinski definition) is 8. The Kier molecular flexibility index (Phi) is 5.18. The van der Waals surface area contributed by atoms with Crippen LogP contribution in [-0.2, 0) is 0 Å². The predicted octanol–water partition coefficient (Wildman–Crippen LogP) is 3.81. The molecule has 2 atom stereocenters. The number of nitriles is 1. The van der Waals surface area contributed by atoms with Crippen LogP contribution in [0.4, 0.5) is 17.3 Å². The summed E-state index contributed by atoms with van der Waals surface area (Å²) >= 11 is 0. The molecule has 1 saturated heterocycles. The summed E-state index contributed by atoms with van der Waals surface area (Å²) in [6.45, 7) is 4.51. The van der Waals surface area contributed by atoms with E-state index in [1.54, 1.807) is 12.4 Å². The topological polar surface area (TPSA) is 113 Å². The molecule has 0 bridgehead atoms. The number of carbonyl (C=O) groups is 1. The highest BCUT2D eigenvalue weighted by Crippen LogP contribution is 2.31. The molecule has 1 N–H and O–H groups in total. The van der Waals surface area contributed by atoms with Crippen LogP contribution in [-0.4, -0.2) is 43.6 Å². The normalized spacial score (nSPS) is 17.8. The number of imidazole rings is 1. The highest BCUT2D eigenvalue weighted by molar-refractivity contribution is 5.85. The number of rotatable bonds is 5. The lowest BCUT2D eigenvalue weighted by Gasteiger charge is -2.24. The van der Waals surface area contributed by atoms with Crippen LogP contribution in [0.15, 0.2) is 48.8 Å². The maximum atomic E-state index is 11.7. The molecule has 1 fully saturated rings. The molecule has 0 radical (unpaired) electrons. The number of carbonyl (C=O) groups excluding carboxylic acids is 1. The summed E-state index contributed by atoms with van der Waals surface area (Å²) in [4.78, 5) is 23.1. The molecule has 0 spiro atoms. The Morgan fingerprint density at radius 3 is 2.79 bits per heavy atom. The van der Waals surface area contributed by atoms with Crippen molar-refractivity contribution in [2.75, 3.05) is 16.8 Å². The lowest BCUT2D eigenvalue weighted by Crippen LogP contribution is -2.29. The van der Waals surface area contributed by atoms with E-state index in [1.807, 2.05) is 52.8 Å². The van der Waals surface area contributed by atoms with Crippen molar-refractivity contribution in [3.63, 3.8) is 0 Å². The molecule has 1 aliphatic heterocycles. The number of pyridine rings is 1. The molecule has 9 heteroatoms. The molecule has 1 aromatic carbocycles. The van der Waals surface area contributed by atoms with E-state index in [0.29, 0.717) is 29.6 Å². The average molecular weight is 438 g/mol. The number of benzene rings is 1. The van der Waals surface area contributed by atoms with Crippen molar-refractivity contribution in [3.05, 3.63) is 60.0 Å². The summed E-state index contributed by atoms with van der Waals surface area (Å²) in [7, 11) is 0. The Bertz CT molecular complexity index is 1370. The van der Waals surface area contributed by atoms with Crippen molar-refractivity contribution in [1.29, 1.82) is 5.26 Å². The van der Waals surface area contributed by atoms with Crippen molar-refractivity contribution in [2.45, 2.75) is 26.3 Å². The van der Waals surface area contributed by atoms with Gasteiger partial charge >= 0.3 is 0 Å². The van der Waals surface area contributed by atoms with Crippen LogP contribution in [0.5, 0.6) is 0 Å². The fourth-order valence-corrected chi connectivity index (χ4v) is 4.21. The van der Waals surface area contributed by atoms with Crippen molar-refractivity contribution in [1.82, 2.24) is 24.7 Å². The maximum Gasteiger partial charge on any atom is 0.153 e. The van der Waals surface area contributed by atoms with E-state index >= 15 is 0 Å².